The summed E-state index contributed by atoms with van der Waals surface area (Å²) < 4.78 is 14.0. The Morgan fingerprint density at radius 2 is 2.15 bits per heavy atom. The second kappa shape index (κ2) is 7.04. The van der Waals surface area contributed by atoms with Crippen molar-refractivity contribution in [3.63, 3.8) is 0 Å². The van der Waals surface area contributed by atoms with Gasteiger partial charge in [0.1, 0.15) is 5.82 Å². The quantitative estimate of drug-likeness (QED) is 0.718. The van der Waals surface area contributed by atoms with Gasteiger partial charge in [0.05, 0.1) is 4.88 Å². The molecule has 0 atom stereocenters. The smallest absolute Gasteiger partial charge is 0.264 e. The van der Waals surface area contributed by atoms with Crippen LogP contribution in [0.1, 0.15) is 29.4 Å². The average Bonchev–Trinajstić information content (AvgIpc) is 2.85. The molecule has 0 aliphatic rings. The molecule has 2 rings (SSSR count). The van der Waals surface area contributed by atoms with Crippen LogP contribution in [0.15, 0.2) is 24.3 Å². The highest BCUT2D eigenvalue weighted by Gasteiger charge is 2.17. The molecule has 0 bridgehead atoms. The van der Waals surface area contributed by atoms with E-state index in [0.29, 0.717) is 23.8 Å². The molecule has 0 saturated heterocycles. The molecule has 0 aliphatic heterocycles. The van der Waals surface area contributed by atoms with E-state index in [0.717, 1.165) is 22.9 Å². The Balaban J connectivity index is 2.23. The maximum absolute atomic E-state index is 13.2. The number of rotatable bonds is 6. The van der Waals surface area contributed by atoms with Gasteiger partial charge in [0.2, 0.25) is 0 Å². The SMILES string of the molecule is CCCCN(CCCl)C(=O)c1cc2ccc(F)cc2s1. The van der Waals surface area contributed by atoms with Crippen LogP contribution in [-0.2, 0) is 0 Å². The standard InChI is InChI=1S/C15H17ClFNOS/c1-2-3-7-18(8-6-16)15(19)14-9-11-4-5-12(17)10-13(11)20-14/h4-5,9-10H,2-3,6-8H2,1H3. The first kappa shape index (κ1) is 15.3. The van der Waals surface area contributed by atoms with Gasteiger partial charge in [-0.25, -0.2) is 4.39 Å². The van der Waals surface area contributed by atoms with Crippen LogP contribution in [0.5, 0.6) is 0 Å². The molecule has 2 nitrogen and oxygen atoms in total. The minimum atomic E-state index is -0.276. The fraction of sp³-hybridized carbons (Fsp3) is 0.400. The zero-order valence-electron chi connectivity index (χ0n) is 11.4. The summed E-state index contributed by atoms with van der Waals surface area (Å²) in [5.74, 6) is 0.136. The number of unbranched alkanes of at least 4 members (excludes halogenated alkanes) is 1. The van der Waals surface area contributed by atoms with Crippen molar-refractivity contribution in [1.29, 1.82) is 0 Å². The number of hydrogen-bond donors (Lipinski definition) is 0. The molecule has 0 N–H and O–H groups in total. The molecule has 2 aromatic rings. The number of nitrogens with zero attached hydrogens (tertiary/aromatic N) is 1. The number of benzene rings is 1. The molecule has 0 unspecified atom stereocenters. The van der Waals surface area contributed by atoms with Crippen molar-refractivity contribution in [2.75, 3.05) is 19.0 Å². The molecule has 0 spiro atoms. The molecular formula is C15H17ClFNOS. The number of carbonyl (C=O) groups excluding carboxylic acids is 1. The Morgan fingerprint density at radius 1 is 1.35 bits per heavy atom. The van der Waals surface area contributed by atoms with E-state index in [1.807, 2.05) is 6.07 Å². The monoisotopic (exact) mass is 313 g/mol. The number of amides is 1. The first-order valence-corrected chi connectivity index (χ1v) is 8.05. The van der Waals surface area contributed by atoms with Gasteiger partial charge >= 0.3 is 0 Å². The van der Waals surface area contributed by atoms with Gasteiger partial charge in [-0.05, 0) is 30.0 Å². The highest BCUT2D eigenvalue weighted by atomic mass is 35.5. The van der Waals surface area contributed by atoms with E-state index in [2.05, 4.69) is 6.92 Å². The molecule has 108 valence electrons. The second-order valence-corrected chi connectivity index (χ2v) is 6.09. The van der Waals surface area contributed by atoms with Crippen molar-refractivity contribution < 1.29 is 9.18 Å². The Kier molecular flexibility index (Phi) is 5.38. The highest BCUT2D eigenvalue weighted by Crippen LogP contribution is 2.27. The Hall–Kier alpha value is -1.13. The number of thiophene rings is 1. The summed E-state index contributed by atoms with van der Waals surface area (Å²) in [6, 6.07) is 6.41. The van der Waals surface area contributed by atoms with E-state index in [-0.39, 0.29) is 11.7 Å². The molecule has 1 amide bonds. The lowest BCUT2D eigenvalue weighted by Gasteiger charge is -2.20. The largest absolute Gasteiger partial charge is 0.337 e. The van der Waals surface area contributed by atoms with Crippen LogP contribution >= 0.6 is 22.9 Å². The van der Waals surface area contributed by atoms with E-state index in [4.69, 9.17) is 11.6 Å². The summed E-state index contributed by atoms with van der Waals surface area (Å²) in [4.78, 5) is 14.9. The molecule has 1 aromatic carbocycles. The Morgan fingerprint density at radius 3 is 2.85 bits per heavy atom. The van der Waals surface area contributed by atoms with E-state index < -0.39 is 0 Å². The molecule has 1 aromatic heterocycles. The number of halogens is 2. The summed E-state index contributed by atoms with van der Waals surface area (Å²) in [7, 11) is 0. The second-order valence-electron chi connectivity index (χ2n) is 4.63. The van der Waals surface area contributed by atoms with Gasteiger partial charge < -0.3 is 4.90 Å². The summed E-state index contributed by atoms with van der Waals surface area (Å²) in [5.41, 5.74) is 0. The van der Waals surface area contributed by atoms with Crippen LogP contribution in [0.2, 0.25) is 0 Å². The van der Waals surface area contributed by atoms with Crippen molar-refractivity contribution in [2.45, 2.75) is 19.8 Å². The zero-order chi connectivity index (χ0) is 14.5. The van der Waals surface area contributed by atoms with Crippen LogP contribution in [0.3, 0.4) is 0 Å². The topological polar surface area (TPSA) is 20.3 Å². The maximum atomic E-state index is 13.2. The molecule has 0 radical (unpaired) electrons. The number of fused-ring (bicyclic) bond motifs is 1. The molecule has 5 heteroatoms. The van der Waals surface area contributed by atoms with Gasteiger partial charge in [-0.3, -0.25) is 4.79 Å². The lowest BCUT2D eigenvalue weighted by Crippen LogP contribution is -2.33. The predicted molar refractivity (Wildman–Crippen MR) is 83.3 cm³/mol. The van der Waals surface area contributed by atoms with Gasteiger partial charge in [0.15, 0.2) is 0 Å². The van der Waals surface area contributed by atoms with Crippen molar-refractivity contribution in [2.24, 2.45) is 0 Å². The van der Waals surface area contributed by atoms with Crippen molar-refractivity contribution >= 4 is 38.9 Å². The molecule has 0 aliphatic carbocycles. The molecule has 0 saturated carbocycles. The van der Waals surface area contributed by atoms with Gasteiger partial charge in [0.25, 0.3) is 5.91 Å². The van der Waals surface area contributed by atoms with Crippen molar-refractivity contribution in [1.82, 2.24) is 4.90 Å². The fourth-order valence-electron chi connectivity index (χ4n) is 2.03. The van der Waals surface area contributed by atoms with Gasteiger partial charge in [-0.2, -0.15) is 0 Å². The third-order valence-corrected chi connectivity index (χ3v) is 4.37. The van der Waals surface area contributed by atoms with E-state index in [1.165, 1.54) is 23.5 Å². The Bertz CT molecular complexity index is 599. The minimum absolute atomic E-state index is 0.0132. The van der Waals surface area contributed by atoms with Crippen LogP contribution in [0.25, 0.3) is 10.1 Å². The van der Waals surface area contributed by atoms with Crippen LogP contribution in [0.4, 0.5) is 4.39 Å². The lowest BCUT2D eigenvalue weighted by molar-refractivity contribution is 0.0768. The fourth-order valence-corrected chi connectivity index (χ4v) is 3.29. The average molecular weight is 314 g/mol. The van der Waals surface area contributed by atoms with Crippen LogP contribution in [-0.4, -0.2) is 29.8 Å². The van der Waals surface area contributed by atoms with Crippen LogP contribution in [0, 0.1) is 5.82 Å². The summed E-state index contributed by atoms with van der Waals surface area (Å²) in [6.07, 6.45) is 1.99. The maximum Gasteiger partial charge on any atom is 0.264 e. The zero-order valence-corrected chi connectivity index (χ0v) is 12.9. The number of carbonyl (C=O) groups is 1. The van der Waals surface area contributed by atoms with Crippen molar-refractivity contribution in [3.05, 3.63) is 35.0 Å². The van der Waals surface area contributed by atoms with Crippen LogP contribution < -0.4 is 0 Å². The summed E-state index contributed by atoms with van der Waals surface area (Å²) in [6.45, 7) is 3.35. The number of hydrogen-bond acceptors (Lipinski definition) is 2. The number of alkyl halides is 1. The van der Waals surface area contributed by atoms with E-state index in [1.54, 1.807) is 11.0 Å². The molecule has 0 fully saturated rings. The molecule has 1 heterocycles. The normalized spacial score (nSPS) is 10.9. The lowest BCUT2D eigenvalue weighted by atomic mass is 10.2. The summed E-state index contributed by atoms with van der Waals surface area (Å²) in [5, 5.41) is 0.904. The van der Waals surface area contributed by atoms with Gasteiger partial charge in [0, 0.05) is 23.7 Å². The first-order chi connectivity index (χ1) is 9.65. The third kappa shape index (κ3) is 3.49. The van der Waals surface area contributed by atoms with E-state index in [9.17, 15) is 9.18 Å². The van der Waals surface area contributed by atoms with E-state index >= 15 is 0 Å². The Labute approximate surface area is 127 Å². The molecular weight excluding hydrogens is 297 g/mol. The first-order valence-electron chi connectivity index (χ1n) is 6.70. The van der Waals surface area contributed by atoms with Gasteiger partial charge in [-0.15, -0.1) is 22.9 Å². The summed E-state index contributed by atoms with van der Waals surface area (Å²) >= 11 is 7.10. The van der Waals surface area contributed by atoms with Crippen molar-refractivity contribution in [3.8, 4) is 0 Å². The third-order valence-electron chi connectivity index (χ3n) is 3.12. The predicted octanol–water partition coefficient (Wildman–Crippen LogP) is 4.52. The minimum Gasteiger partial charge on any atom is -0.337 e. The van der Waals surface area contributed by atoms with Gasteiger partial charge in [-0.1, -0.05) is 19.4 Å². The molecule has 20 heavy (non-hydrogen) atoms. The highest BCUT2D eigenvalue weighted by molar-refractivity contribution is 7.20.